The largest absolute Gasteiger partial charge is 0.487 e. The van der Waals surface area contributed by atoms with E-state index in [9.17, 15) is 0 Å². The molecular weight excluding hydrogens is 282 g/mol. The van der Waals surface area contributed by atoms with Crippen LogP contribution in [0.25, 0.3) is 0 Å². The summed E-state index contributed by atoms with van der Waals surface area (Å²) in [6.45, 7) is 3.12. The highest BCUT2D eigenvalue weighted by molar-refractivity contribution is 5.54. The van der Waals surface area contributed by atoms with Crippen LogP contribution in [-0.2, 0) is 0 Å². The van der Waals surface area contributed by atoms with Crippen molar-refractivity contribution in [1.82, 2.24) is 4.48 Å². The zero-order valence-electron chi connectivity index (χ0n) is 15.9. The first-order valence-corrected chi connectivity index (χ1v) is 9.59. The Labute approximate surface area is 144 Å². The molecule has 0 saturated carbocycles. The van der Waals surface area contributed by atoms with Crippen LogP contribution in [0.15, 0.2) is 24.3 Å². The predicted octanol–water partition coefficient (Wildman–Crippen LogP) is 6.18. The summed E-state index contributed by atoms with van der Waals surface area (Å²) in [6.07, 6.45) is 13.7. The van der Waals surface area contributed by atoms with Crippen LogP contribution in [0.4, 0.5) is 5.69 Å². The summed E-state index contributed by atoms with van der Waals surface area (Å²) in [6, 6.07) is 8.41. The Kier molecular flexibility index (Phi) is 10.0. The van der Waals surface area contributed by atoms with Gasteiger partial charge >= 0.3 is 0 Å². The van der Waals surface area contributed by atoms with Gasteiger partial charge in [-0.25, -0.2) is 0 Å². The fourth-order valence-electron chi connectivity index (χ4n) is 2.91. The number of benzene rings is 1. The van der Waals surface area contributed by atoms with E-state index in [2.05, 4.69) is 52.3 Å². The van der Waals surface area contributed by atoms with Gasteiger partial charge in [-0.05, 0) is 12.5 Å². The van der Waals surface area contributed by atoms with E-state index < -0.39 is 0 Å². The molecule has 0 spiro atoms. The van der Waals surface area contributed by atoms with Gasteiger partial charge in [0.1, 0.15) is 0 Å². The number of quaternary nitrogens is 1. The van der Waals surface area contributed by atoms with Crippen LogP contribution in [0.3, 0.4) is 0 Å². The lowest BCUT2D eigenvalue weighted by molar-refractivity contribution is 0.297. The number of nitrogens with zero attached hydrogens (tertiary/aromatic N) is 1. The second kappa shape index (κ2) is 11.5. The molecule has 0 amide bonds. The lowest BCUT2D eigenvalue weighted by Crippen LogP contribution is -2.35. The zero-order valence-corrected chi connectivity index (χ0v) is 15.9. The quantitative estimate of drug-likeness (QED) is 0.311. The molecular formula is C21H38NO+. The Morgan fingerprint density at radius 3 is 1.83 bits per heavy atom. The monoisotopic (exact) mass is 320 g/mol. The maximum absolute atomic E-state index is 6.02. The first kappa shape index (κ1) is 20.0. The van der Waals surface area contributed by atoms with Crippen molar-refractivity contribution in [3.8, 4) is 5.75 Å². The first-order chi connectivity index (χ1) is 11.1. The van der Waals surface area contributed by atoms with Crippen molar-refractivity contribution in [2.24, 2.45) is 0 Å². The van der Waals surface area contributed by atoms with Gasteiger partial charge < -0.3 is 4.74 Å². The molecule has 0 radical (unpaired) electrons. The van der Waals surface area contributed by atoms with E-state index in [-0.39, 0.29) is 0 Å². The van der Waals surface area contributed by atoms with Crippen LogP contribution in [0.2, 0.25) is 0 Å². The van der Waals surface area contributed by atoms with Crippen molar-refractivity contribution in [3.05, 3.63) is 24.3 Å². The summed E-state index contributed by atoms with van der Waals surface area (Å²) in [5, 5.41) is 0. The van der Waals surface area contributed by atoms with E-state index in [1.165, 1.54) is 69.9 Å². The Morgan fingerprint density at radius 1 is 0.739 bits per heavy atom. The summed E-state index contributed by atoms with van der Waals surface area (Å²) in [5.41, 5.74) is 1.25. The molecule has 1 aromatic carbocycles. The molecule has 1 rings (SSSR count). The van der Waals surface area contributed by atoms with E-state index in [0.717, 1.165) is 16.8 Å². The number of hydrogen-bond acceptors (Lipinski definition) is 1. The summed E-state index contributed by atoms with van der Waals surface area (Å²) in [5.74, 6) is 1.04. The van der Waals surface area contributed by atoms with E-state index in [0.29, 0.717) is 0 Å². The Balaban J connectivity index is 2.08. The zero-order chi connectivity index (χ0) is 17.0. The molecule has 0 N–H and O–H groups in total. The smallest absolute Gasteiger partial charge is 0.179 e. The van der Waals surface area contributed by atoms with Crippen molar-refractivity contribution >= 4 is 5.69 Å². The van der Waals surface area contributed by atoms with Crippen LogP contribution in [0, 0.1) is 0 Å². The molecule has 0 bridgehead atoms. The molecule has 1 aromatic rings. The number of rotatable bonds is 13. The van der Waals surface area contributed by atoms with E-state index >= 15 is 0 Å². The van der Waals surface area contributed by atoms with Gasteiger partial charge in [-0.2, -0.15) is 0 Å². The SMILES string of the molecule is CCCCCCCCCCCCOc1ccccc1[N+](C)(C)C. The molecule has 2 heteroatoms. The number of hydrogen-bond donors (Lipinski definition) is 0. The van der Waals surface area contributed by atoms with E-state index in [4.69, 9.17) is 4.74 Å². The average molecular weight is 321 g/mol. The maximum Gasteiger partial charge on any atom is 0.179 e. The first-order valence-electron chi connectivity index (χ1n) is 9.59. The van der Waals surface area contributed by atoms with E-state index in [1.807, 2.05) is 0 Å². The van der Waals surface area contributed by atoms with Gasteiger partial charge in [-0.1, -0.05) is 76.8 Å². The highest BCUT2D eigenvalue weighted by Gasteiger charge is 2.17. The van der Waals surface area contributed by atoms with Gasteiger partial charge in [0.15, 0.2) is 11.4 Å². The average Bonchev–Trinajstić information content (AvgIpc) is 2.52. The van der Waals surface area contributed by atoms with Crippen LogP contribution in [0.5, 0.6) is 5.75 Å². The molecule has 0 aliphatic heterocycles. The van der Waals surface area contributed by atoms with Gasteiger partial charge in [0.25, 0.3) is 0 Å². The van der Waals surface area contributed by atoms with Crippen molar-refractivity contribution < 1.29 is 4.74 Å². The molecule has 0 atom stereocenters. The molecule has 0 fully saturated rings. The van der Waals surface area contributed by atoms with Crippen LogP contribution in [-0.4, -0.2) is 27.7 Å². The predicted molar refractivity (Wildman–Crippen MR) is 103 cm³/mol. The fraction of sp³-hybridized carbons (Fsp3) is 0.714. The molecule has 0 aliphatic rings. The normalized spacial score (nSPS) is 11.7. The lowest BCUT2D eigenvalue weighted by atomic mass is 10.1. The molecule has 2 nitrogen and oxygen atoms in total. The minimum atomic E-state index is 0.800. The summed E-state index contributed by atoms with van der Waals surface area (Å²) in [4.78, 5) is 0. The summed E-state index contributed by atoms with van der Waals surface area (Å²) < 4.78 is 6.82. The fourth-order valence-corrected chi connectivity index (χ4v) is 2.91. The maximum atomic E-state index is 6.02. The van der Waals surface area contributed by atoms with Gasteiger partial charge in [-0.3, -0.25) is 4.48 Å². The van der Waals surface area contributed by atoms with Gasteiger partial charge in [0.05, 0.1) is 27.7 Å². The van der Waals surface area contributed by atoms with Gasteiger partial charge in [-0.15, -0.1) is 0 Å². The molecule has 23 heavy (non-hydrogen) atoms. The van der Waals surface area contributed by atoms with Crippen molar-refractivity contribution in [3.63, 3.8) is 0 Å². The Bertz CT molecular complexity index is 409. The second-order valence-corrected chi connectivity index (χ2v) is 7.51. The van der Waals surface area contributed by atoms with Crippen molar-refractivity contribution in [2.45, 2.75) is 71.1 Å². The summed E-state index contributed by atoms with van der Waals surface area (Å²) in [7, 11) is 6.55. The van der Waals surface area contributed by atoms with Crippen LogP contribution in [0.1, 0.15) is 71.1 Å². The molecule has 0 unspecified atom stereocenters. The van der Waals surface area contributed by atoms with Crippen LogP contribution >= 0.6 is 0 Å². The minimum absolute atomic E-state index is 0.800. The standard InChI is InChI=1S/C21H38NO/c1-5-6-7-8-9-10-11-12-13-16-19-23-21-18-15-14-17-20(21)22(2,3)4/h14-15,17-18H,5-13,16,19H2,1-4H3/q+1. The highest BCUT2D eigenvalue weighted by atomic mass is 16.5. The number of ether oxygens (including phenoxy) is 1. The number of unbranched alkanes of at least 4 members (excludes halogenated alkanes) is 9. The van der Waals surface area contributed by atoms with Gasteiger partial charge in [0, 0.05) is 6.07 Å². The van der Waals surface area contributed by atoms with E-state index in [1.54, 1.807) is 0 Å². The lowest BCUT2D eigenvalue weighted by Gasteiger charge is -2.25. The number of para-hydroxylation sites is 2. The van der Waals surface area contributed by atoms with Crippen LogP contribution < -0.4 is 9.22 Å². The molecule has 132 valence electrons. The van der Waals surface area contributed by atoms with Crippen molar-refractivity contribution in [2.75, 3.05) is 27.7 Å². The van der Waals surface area contributed by atoms with Crippen molar-refractivity contribution in [1.29, 1.82) is 0 Å². The molecule has 0 aliphatic carbocycles. The minimum Gasteiger partial charge on any atom is -0.487 e. The highest BCUT2D eigenvalue weighted by Crippen LogP contribution is 2.29. The Hall–Kier alpha value is -1.02. The topological polar surface area (TPSA) is 9.23 Å². The Morgan fingerprint density at radius 2 is 1.26 bits per heavy atom. The molecule has 0 heterocycles. The summed E-state index contributed by atoms with van der Waals surface area (Å²) >= 11 is 0. The molecule has 0 aromatic heterocycles. The third-order valence-electron chi connectivity index (χ3n) is 4.34. The third kappa shape index (κ3) is 9.00. The van der Waals surface area contributed by atoms with Gasteiger partial charge in [0.2, 0.25) is 0 Å². The second-order valence-electron chi connectivity index (χ2n) is 7.51. The third-order valence-corrected chi connectivity index (χ3v) is 4.34. The molecule has 0 saturated heterocycles.